The number of benzene rings is 2. The molecule has 0 atom stereocenters. The number of hydrogen-bond donors (Lipinski definition) is 2. The molecule has 0 aromatic heterocycles. The number of sulfonamides is 1. The molecule has 0 saturated carbocycles. The summed E-state index contributed by atoms with van der Waals surface area (Å²) in [6.07, 6.45) is 1.37. The average Bonchev–Trinajstić information content (AvgIpc) is 2.47. The summed E-state index contributed by atoms with van der Waals surface area (Å²) in [5.74, 6) is -0.145. The molecular weight excluding hydrogens is 383 g/mol. The van der Waals surface area contributed by atoms with Gasteiger partial charge < -0.3 is 5.11 Å². The average molecular weight is 401 g/mol. The minimum atomic E-state index is -3.66. The molecule has 134 valence electrons. The molecule has 5 nitrogen and oxygen atoms in total. The molecule has 0 aliphatic heterocycles. The lowest BCUT2D eigenvalue weighted by molar-refractivity contribution is 0.474. The largest absolute Gasteiger partial charge is 0.506 e. The first kappa shape index (κ1) is 19.7. The third-order valence-corrected chi connectivity index (χ3v) is 5.24. The second kappa shape index (κ2) is 7.33. The second-order valence-corrected chi connectivity index (χ2v) is 8.96. The number of halogens is 2. The van der Waals surface area contributed by atoms with E-state index in [0.717, 1.165) is 0 Å². The fourth-order valence-electron chi connectivity index (χ4n) is 2.02. The van der Waals surface area contributed by atoms with Crippen molar-refractivity contribution in [3.63, 3.8) is 0 Å². The van der Waals surface area contributed by atoms with Gasteiger partial charge in [-0.3, -0.25) is 4.99 Å². The molecular formula is C17H18Cl2N2O3S. The highest BCUT2D eigenvalue weighted by Gasteiger charge is 2.22. The zero-order valence-corrected chi connectivity index (χ0v) is 16.2. The Bertz CT molecular complexity index is 920. The number of aromatic hydroxyl groups is 1. The Kier molecular flexibility index (Phi) is 5.79. The van der Waals surface area contributed by atoms with Crippen LogP contribution in [-0.4, -0.2) is 25.3 Å². The molecule has 0 spiro atoms. The number of nitrogens with zero attached hydrogens (tertiary/aromatic N) is 1. The van der Waals surface area contributed by atoms with E-state index in [-0.39, 0.29) is 15.7 Å². The van der Waals surface area contributed by atoms with Crippen molar-refractivity contribution in [1.82, 2.24) is 4.72 Å². The van der Waals surface area contributed by atoms with Gasteiger partial charge in [0.05, 0.1) is 15.6 Å². The van der Waals surface area contributed by atoms with Crippen molar-refractivity contribution in [2.24, 2.45) is 4.99 Å². The summed E-state index contributed by atoms with van der Waals surface area (Å²) in [5, 5.41) is 10.4. The molecule has 0 aliphatic rings. The molecule has 0 fully saturated rings. The Labute approximate surface area is 157 Å². The van der Waals surface area contributed by atoms with Gasteiger partial charge in [0.25, 0.3) is 0 Å². The predicted octanol–water partition coefficient (Wildman–Crippen LogP) is 4.53. The van der Waals surface area contributed by atoms with Gasteiger partial charge >= 0.3 is 0 Å². The monoisotopic (exact) mass is 400 g/mol. The molecule has 0 unspecified atom stereocenters. The van der Waals surface area contributed by atoms with Crippen LogP contribution in [0.25, 0.3) is 0 Å². The van der Waals surface area contributed by atoms with Gasteiger partial charge in [-0.2, -0.15) is 0 Å². The van der Waals surface area contributed by atoms with E-state index in [4.69, 9.17) is 23.2 Å². The van der Waals surface area contributed by atoms with Crippen molar-refractivity contribution in [1.29, 1.82) is 0 Å². The van der Waals surface area contributed by atoms with Gasteiger partial charge in [-0.25, -0.2) is 13.1 Å². The zero-order valence-electron chi connectivity index (χ0n) is 13.9. The summed E-state index contributed by atoms with van der Waals surface area (Å²) < 4.78 is 27.3. The highest BCUT2D eigenvalue weighted by atomic mass is 35.5. The van der Waals surface area contributed by atoms with E-state index < -0.39 is 15.6 Å². The lowest BCUT2D eigenvalue weighted by Gasteiger charge is -2.20. The Hall–Kier alpha value is -1.60. The van der Waals surface area contributed by atoms with E-state index in [1.54, 1.807) is 32.9 Å². The molecule has 0 amide bonds. The van der Waals surface area contributed by atoms with Crippen LogP contribution in [0.1, 0.15) is 26.3 Å². The second-order valence-electron chi connectivity index (χ2n) is 6.44. The maximum Gasteiger partial charge on any atom is 0.241 e. The van der Waals surface area contributed by atoms with Crippen molar-refractivity contribution in [2.75, 3.05) is 0 Å². The van der Waals surface area contributed by atoms with Gasteiger partial charge in [0.1, 0.15) is 5.75 Å². The van der Waals surface area contributed by atoms with Crippen LogP contribution in [0.2, 0.25) is 10.0 Å². The third-order valence-electron chi connectivity index (χ3n) is 2.98. The Morgan fingerprint density at radius 2 is 1.84 bits per heavy atom. The maximum atomic E-state index is 12.4. The van der Waals surface area contributed by atoms with Crippen molar-refractivity contribution in [2.45, 2.75) is 31.2 Å². The Balaban J connectivity index is 2.34. The van der Waals surface area contributed by atoms with Crippen LogP contribution in [0.3, 0.4) is 0 Å². The Morgan fingerprint density at radius 3 is 2.48 bits per heavy atom. The van der Waals surface area contributed by atoms with E-state index >= 15 is 0 Å². The molecule has 2 N–H and O–H groups in total. The standard InChI is InChI=1S/C17H18Cl2N2O3S/c1-17(2,3)21-25(23,24)14-6-4-5-13(9-14)20-10-11-7-12(18)8-15(19)16(11)22/h4-10,21-22H,1-3H3. The summed E-state index contributed by atoms with van der Waals surface area (Å²) in [7, 11) is -3.66. The molecule has 2 aromatic carbocycles. The molecule has 2 rings (SSSR count). The number of rotatable bonds is 4. The first-order valence-electron chi connectivity index (χ1n) is 7.34. The van der Waals surface area contributed by atoms with Gasteiger partial charge in [-0.1, -0.05) is 29.3 Å². The minimum Gasteiger partial charge on any atom is -0.506 e. The van der Waals surface area contributed by atoms with Gasteiger partial charge in [0, 0.05) is 22.3 Å². The topological polar surface area (TPSA) is 78.8 Å². The third kappa shape index (κ3) is 5.44. The van der Waals surface area contributed by atoms with Crippen molar-refractivity contribution in [3.8, 4) is 5.75 Å². The van der Waals surface area contributed by atoms with Crippen molar-refractivity contribution in [3.05, 3.63) is 52.0 Å². The first-order chi connectivity index (χ1) is 11.5. The molecule has 2 aromatic rings. The van der Waals surface area contributed by atoms with Crippen LogP contribution in [0, 0.1) is 0 Å². The molecule has 0 radical (unpaired) electrons. The highest BCUT2D eigenvalue weighted by Crippen LogP contribution is 2.30. The van der Waals surface area contributed by atoms with Crippen LogP contribution in [0.15, 0.2) is 46.3 Å². The molecule has 0 heterocycles. The van der Waals surface area contributed by atoms with Gasteiger partial charge in [0.2, 0.25) is 10.0 Å². The summed E-state index contributed by atoms with van der Waals surface area (Å²) >= 11 is 11.8. The van der Waals surface area contributed by atoms with Gasteiger partial charge in [0.15, 0.2) is 0 Å². The van der Waals surface area contributed by atoms with E-state index in [9.17, 15) is 13.5 Å². The fraction of sp³-hybridized carbons (Fsp3) is 0.235. The van der Waals surface area contributed by atoms with E-state index in [0.29, 0.717) is 16.3 Å². The summed E-state index contributed by atoms with van der Waals surface area (Å²) in [5.41, 5.74) is 0.146. The van der Waals surface area contributed by atoms with Gasteiger partial charge in [-0.15, -0.1) is 0 Å². The van der Waals surface area contributed by atoms with E-state index in [2.05, 4.69) is 9.71 Å². The molecule has 0 saturated heterocycles. The van der Waals surface area contributed by atoms with Crippen LogP contribution in [-0.2, 0) is 10.0 Å². The predicted molar refractivity (Wildman–Crippen MR) is 102 cm³/mol. The minimum absolute atomic E-state index is 0.102. The normalized spacial score (nSPS) is 12.7. The molecule has 25 heavy (non-hydrogen) atoms. The lowest BCUT2D eigenvalue weighted by atomic mass is 10.1. The lowest BCUT2D eigenvalue weighted by Crippen LogP contribution is -2.40. The van der Waals surface area contributed by atoms with Crippen molar-refractivity contribution < 1.29 is 13.5 Å². The number of nitrogens with one attached hydrogen (secondary N) is 1. The quantitative estimate of drug-likeness (QED) is 0.739. The SMILES string of the molecule is CC(C)(C)NS(=O)(=O)c1cccc(N=Cc2cc(Cl)cc(Cl)c2O)c1. The van der Waals surface area contributed by atoms with Crippen LogP contribution in [0.4, 0.5) is 5.69 Å². The zero-order chi connectivity index (χ0) is 18.8. The number of aliphatic imine (C=N–C) groups is 1. The molecule has 0 bridgehead atoms. The highest BCUT2D eigenvalue weighted by molar-refractivity contribution is 7.89. The van der Waals surface area contributed by atoms with Crippen LogP contribution >= 0.6 is 23.2 Å². The van der Waals surface area contributed by atoms with Crippen molar-refractivity contribution >= 4 is 45.1 Å². The number of hydrogen-bond acceptors (Lipinski definition) is 4. The summed E-state index contributed by atoms with van der Waals surface area (Å²) in [6.45, 7) is 5.29. The fourth-order valence-corrected chi connectivity index (χ4v) is 3.99. The Morgan fingerprint density at radius 1 is 1.16 bits per heavy atom. The smallest absolute Gasteiger partial charge is 0.241 e. The van der Waals surface area contributed by atoms with Crippen LogP contribution in [0.5, 0.6) is 5.75 Å². The summed E-state index contributed by atoms with van der Waals surface area (Å²) in [6, 6.07) is 9.09. The number of phenolic OH excluding ortho intramolecular Hbond substituents is 1. The van der Waals surface area contributed by atoms with Crippen LogP contribution < -0.4 is 4.72 Å². The van der Waals surface area contributed by atoms with E-state index in [1.807, 2.05) is 0 Å². The number of phenols is 1. The molecule has 8 heteroatoms. The van der Waals surface area contributed by atoms with E-state index in [1.165, 1.54) is 30.5 Å². The first-order valence-corrected chi connectivity index (χ1v) is 9.58. The maximum absolute atomic E-state index is 12.4. The molecule has 0 aliphatic carbocycles. The van der Waals surface area contributed by atoms with Gasteiger partial charge in [-0.05, 0) is 51.1 Å². The summed E-state index contributed by atoms with van der Waals surface area (Å²) in [4.78, 5) is 4.30.